The lowest BCUT2D eigenvalue weighted by molar-refractivity contribution is 0.0533. The third kappa shape index (κ3) is 2.16. The van der Waals surface area contributed by atoms with E-state index in [4.69, 9.17) is 4.52 Å². The molecular formula is C14H18N4O2. The summed E-state index contributed by atoms with van der Waals surface area (Å²) in [5.41, 5.74) is 1.83. The summed E-state index contributed by atoms with van der Waals surface area (Å²) >= 11 is 0. The summed E-state index contributed by atoms with van der Waals surface area (Å²) in [4.78, 5) is 20.9. The molecule has 106 valence electrons. The molecule has 0 radical (unpaired) electrons. The number of likely N-dealkylation sites (N-methyl/N-ethyl adjacent to an activating group) is 1. The monoisotopic (exact) mass is 274 g/mol. The fourth-order valence-corrected chi connectivity index (χ4v) is 2.67. The molecule has 2 aromatic heterocycles. The molecule has 1 saturated heterocycles. The summed E-state index contributed by atoms with van der Waals surface area (Å²) in [7, 11) is 2.08. The van der Waals surface area contributed by atoms with Crippen molar-refractivity contribution in [2.24, 2.45) is 0 Å². The van der Waals surface area contributed by atoms with Crippen LogP contribution in [0, 0.1) is 6.92 Å². The van der Waals surface area contributed by atoms with E-state index in [1.807, 2.05) is 17.9 Å². The van der Waals surface area contributed by atoms with Crippen LogP contribution in [-0.2, 0) is 0 Å². The summed E-state index contributed by atoms with van der Waals surface area (Å²) in [5, 5.41) is 4.67. The second kappa shape index (κ2) is 4.86. The minimum Gasteiger partial charge on any atom is -0.336 e. The molecule has 1 atom stereocenters. The summed E-state index contributed by atoms with van der Waals surface area (Å²) in [6, 6.07) is 2.03. The molecule has 3 rings (SSSR count). The molecule has 6 heteroatoms. The van der Waals surface area contributed by atoms with E-state index in [1.165, 1.54) is 0 Å². The smallest absolute Gasteiger partial charge is 0.257 e. The minimum atomic E-state index is 0.0283. The Balaban J connectivity index is 1.90. The van der Waals surface area contributed by atoms with Crippen LogP contribution in [0.1, 0.15) is 23.0 Å². The first kappa shape index (κ1) is 13.1. The second-order valence-electron chi connectivity index (χ2n) is 5.45. The molecule has 3 heterocycles. The van der Waals surface area contributed by atoms with Crippen molar-refractivity contribution in [1.29, 1.82) is 0 Å². The van der Waals surface area contributed by atoms with Crippen LogP contribution in [0.15, 0.2) is 16.8 Å². The van der Waals surface area contributed by atoms with E-state index in [9.17, 15) is 4.79 Å². The van der Waals surface area contributed by atoms with Gasteiger partial charge in [0.15, 0.2) is 0 Å². The van der Waals surface area contributed by atoms with Gasteiger partial charge in [-0.15, -0.1) is 0 Å². The van der Waals surface area contributed by atoms with E-state index in [0.717, 1.165) is 30.7 Å². The Bertz CT molecular complexity index is 652. The van der Waals surface area contributed by atoms with E-state index >= 15 is 0 Å². The van der Waals surface area contributed by atoms with Crippen LogP contribution in [0.3, 0.4) is 0 Å². The lowest BCUT2D eigenvalue weighted by Gasteiger charge is -2.38. The SMILES string of the molecule is Cc1noc2ncc(C(=O)N3CCN(C)C[C@H]3C)cc12. The molecule has 0 aliphatic carbocycles. The van der Waals surface area contributed by atoms with Crippen molar-refractivity contribution >= 4 is 17.0 Å². The van der Waals surface area contributed by atoms with Gasteiger partial charge >= 0.3 is 0 Å². The summed E-state index contributed by atoms with van der Waals surface area (Å²) in [6.45, 7) is 6.47. The van der Waals surface area contributed by atoms with E-state index in [0.29, 0.717) is 11.3 Å². The number of fused-ring (bicyclic) bond motifs is 1. The zero-order chi connectivity index (χ0) is 14.3. The largest absolute Gasteiger partial charge is 0.336 e. The van der Waals surface area contributed by atoms with Crippen molar-refractivity contribution in [3.05, 3.63) is 23.5 Å². The topological polar surface area (TPSA) is 62.5 Å². The van der Waals surface area contributed by atoms with E-state index in [-0.39, 0.29) is 11.9 Å². The molecule has 0 N–H and O–H groups in total. The summed E-state index contributed by atoms with van der Waals surface area (Å²) in [6.07, 6.45) is 1.57. The normalized spacial score (nSPS) is 20.6. The van der Waals surface area contributed by atoms with Crippen LogP contribution in [0.5, 0.6) is 0 Å². The average molecular weight is 274 g/mol. The van der Waals surface area contributed by atoms with Crippen LogP contribution >= 0.6 is 0 Å². The van der Waals surface area contributed by atoms with Gasteiger partial charge in [-0.1, -0.05) is 5.16 Å². The highest BCUT2D eigenvalue weighted by atomic mass is 16.5. The number of carbonyl (C=O) groups is 1. The highest BCUT2D eigenvalue weighted by Crippen LogP contribution is 2.19. The number of rotatable bonds is 1. The molecule has 0 saturated carbocycles. The van der Waals surface area contributed by atoms with Crippen LogP contribution < -0.4 is 0 Å². The fourth-order valence-electron chi connectivity index (χ4n) is 2.67. The maximum Gasteiger partial charge on any atom is 0.257 e. The maximum absolute atomic E-state index is 12.6. The molecule has 0 aromatic carbocycles. The van der Waals surface area contributed by atoms with Crippen LogP contribution in [0.4, 0.5) is 0 Å². The zero-order valence-electron chi connectivity index (χ0n) is 12.0. The van der Waals surface area contributed by atoms with E-state index in [2.05, 4.69) is 29.0 Å². The molecule has 6 nitrogen and oxygen atoms in total. The van der Waals surface area contributed by atoms with Crippen LogP contribution in [0.25, 0.3) is 11.1 Å². The Morgan fingerprint density at radius 3 is 3.00 bits per heavy atom. The number of piperazine rings is 1. The van der Waals surface area contributed by atoms with Crippen LogP contribution in [-0.4, -0.2) is 58.6 Å². The number of hydrogen-bond donors (Lipinski definition) is 0. The van der Waals surface area contributed by atoms with Gasteiger partial charge in [0.05, 0.1) is 16.6 Å². The minimum absolute atomic E-state index is 0.0283. The molecule has 0 unspecified atom stereocenters. The first-order valence-electron chi connectivity index (χ1n) is 6.78. The molecule has 1 fully saturated rings. The van der Waals surface area contributed by atoms with Gasteiger partial charge in [-0.05, 0) is 27.0 Å². The van der Waals surface area contributed by atoms with Gasteiger partial charge < -0.3 is 14.3 Å². The van der Waals surface area contributed by atoms with E-state index in [1.54, 1.807) is 6.20 Å². The quantitative estimate of drug-likeness (QED) is 0.784. The van der Waals surface area contributed by atoms with Gasteiger partial charge in [-0.2, -0.15) is 0 Å². The Kier molecular flexibility index (Phi) is 3.17. The number of amides is 1. The standard InChI is InChI=1S/C14H18N4O2/c1-9-8-17(3)4-5-18(9)14(19)11-6-12-10(2)16-20-13(12)15-7-11/h6-7,9H,4-5,8H2,1-3H3/t9-/m1/s1. The molecule has 0 bridgehead atoms. The van der Waals surface area contributed by atoms with Crippen molar-refractivity contribution in [2.75, 3.05) is 26.7 Å². The molecule has 20 heavy (non-hydrogen) atoms. The Hall–Kier alpha value is -1.95. The van der Waals surface area contributed by atoms with Crippen molar-refractivity contribution in [3.63, 3.8) is 0 Å². The molecular weight excluding hydrogens is 256 g/mol. The molecule has 2 aromatic rings. The van der Waals surface area contributed by atoms with E-state index < -0.39 is 0 Å². The van der Waals surface area contributed by atoms with Gasteiger partial charge in [-0.3, -0.25) is 4.79 Å². The maximum atomic E-state index is 12.6. The van der Waals surface area contributed by atoms with Gasteiger partial charge in [0, 0.05) is 31.9 Å². The molecule has 1 aliphatic rings. The van der Waals surface area contributed by atoms with Crippen molar-refractivity contribution in [1.82, 2.24) is 19.9 Å². The fraction of sp³-hybridized carbons (Fsp3) is 0.500. The van der Waals surface area contributed by atoms with Crippen LogP contribution in [0.2, 0.25) is 0 Å². The Morgan fingerprint density at radius 2 is 2.25 bits per heavy atom. The van der Waals surface area contributed by atoms with Gasteiger partial charge in [-0.25, -0.2) is 4.98 Å². The molecule has 1 amide bonds. The number of pyridine rings is 1. The Labute approximate surface area is 117 Å². The van der Waals surface area contributed by atoms with Gasteiger partial charge in [0.25, 0.3) is 11.6 Å². The predicted octanol–water partition coefficient (Wildman–Crippen LogP) is 1.31. The second-order valence-corrected chi connectivity index (χ2v) is 5.45. The highest BCUT2D eigenvalue weighted by Gasteiger charge is 2.27. The van der Waals surface area contributed by atoms with Gasteiger partial charge in [0.2, 0.25) is 0 Å². The number of carbonyl (C=O) groups excluding carboxylic acids is 1. The predicted molar refractivity (Wildman–Crippen MR) is 74.5 cm³/mol. The number of aromatic nitrogens is 2. The highest BCUT2D eigenvalue weighted by molar-refractivity contribution is 5.97. The van der Waals surface area contributed by atoms with Crippen molar-refractivity contribution < 1.29 is 9.32 Å². The summed E-state index contributed by atoms with van der Waals surface area (Å²) < 4.78 is 5.07. The average Bonchev–Trinajstić information content (AvgIpc) is 2.79. The van der Waals surface area contributed by atoms with Crippen molar-refractivity contribution in [2.45, 2.75) is 19.9 Å². The molecule has 0 spiro atoms. The number of aryl methyl sites for hydroxylation is 1. The third-order valence-corrected chi connectivity index (χ3v) is 3.85. The zero-order valence-corrected chi connectivity index (χ0v) is 12.0. The lowest BCUT2D eigenvalue weighted by atomic mass is 10.1. The first-order valence-corrected chi connectivity index (χ1v) is 6.78. The van der Waals surface area contributed by atoms with Gasteiger partial charge in [0.1, 0.15) is 0 Å². The number of hydrogen-bond acceptors (Lipinski definition) is 5. The van der Waals surface area contributed by atoms with Crippen molar-refractivity contribution in [3.8, 4) is 0 Å². The number of nitrogens with zero attached hydrogens (tertiary/aromatic N) is 4. The lowest BCUT2D eigenvalue weighted by Crippen LogP contribution is -2.52. The summed E-state index contributed by atoms with van der Waals surface area (Å²) in [5.74, 6) is 0.0283. The Morgan fingerprint density at radius 1 is 1.45 bits per heavy atom. The first-order chi connectivity index (χ1) is 9.56. The third-order valence-electron chi connectivity index (χ3n) is 3.85. The molecule has 1 aliphatic heterocycles.